The van der Waals surface area contributed by atoms with Gasteiger partial charge in [-0.2, -0.15) is 0 Å². The van der Waals surface area contributed by atoms with E-state index in [1.54, 1.807) is 18.6 Å². The standard InChI is InChI=1S/C20H26N4O2/c1-2-16-4-5-17(26-16)13-23-11-7-20(14-23)6-3-10-24(15-20)19(25)18-12-21-8-9-22-18/h4-5,8-9,12H,2-3,6-7,10-11,13-15H2,1H3. The first-order chi connectivity index (χ1) is 12.7. The van der Waals surface area contributed by atoms with E-state index in [2.05, 4.69) is 33.9 Å². The van der Waals surface area contributed by atoms with E-state index >= 15 is 0 Å². The van der Waals surface area contributed by atoms with Gasteiger partial charge in [0.15, 0.2) is 0 Å². The van der Waals surface area contributed by atoms with Crippen molar-refractivity contribution in [2.24, 2.45) is 5.41 Å². The summed E-state index contributed by atoms with van der Waals surface area (Å²) in [4.78, 5) is 25.4. The van der Waals surface area contributed by atoms with Gasteiger partial charge < -0.3 is 9.32 Å². The molecule has 0 N–H and O–H groups in total. The Bertz CT molecular complexity index is 760. The van der Waals surface area contributed by atoms with E-state index in [1.165, 1.54) is 6.42 Å². The second kappa shape index (κ2) is 7.19. The number of hydrogen-bond acceptors (Lipinski definition) is 5. The van der Waals surface area contributed by atoms with Crippen LogP contribution < -0.4 is 0 Å². The Kier molecular flexibility index (Phi) is 4.76. The number of aromatic nitrogens is 2. The third kappa shape index (κ3) is 3.51. The third-order valence-electron chi connectivity index (χ3n) is 5.69. The molecule has 2 fully saturated rings. The van der Waals surface area contributed by atoms with E-state index in [-0.39, 0.29) is 11.3 Å². The van der Waals surface area contributed by atoms with Crippen LogP contribution in [0.5, 0.6) is 0 Å². The van der Waals surface area contributed by atoms with Gasteiger partial charge in [0.25, 0.3) is 5.91 Å². The van der Waals surface area contributed by atoms with Crippen LogP contribution >= 0.6 is 0 Å². The maximum atomic E-state index is 12.7. The zero-order chi connectivity index (χ0) is 18.0. The maximum absolute atomic E-state index is 12.7. The number of piperidine rings is 1. The average molecular weight is 354 g/mol. The van der Waals surface area contributed by atoms with Gasteiger partial charge >= 0.3 is 0 Å². The van der Waals surface area contributed by atoms with Crippen LogP contribution in [0.25, 0.3) is 0 Å². The highest BCUT2D eigenvalue weighted by molar-refractivity contribution is 5.92. The molecule has 2 aromatic rings. The molecular formula is C20H26N4O2. The number of likely N-dealkylation sites (tertiary alicyclic amines) is 2. The predicted molar refractivity (Wildman–Crippen MR) is 97.6 cm³/mol. The lowest BCUT2D eigenvalue weighted by atomic mass is 9.79. The monoisotopic (exact) mass is 354 g/mol. The van der Waals surface area contributed by atoms with E-state index < -0.39 is 0 Å². The number of hydrogen-bond donors (Lipinski definition) is 0. The number of nitrogens with zero attached hydrogens (tertiary/aromatic N) is 4. The Morgan fingerprint density at radius 3 is 2.85 bits per heavy atom. The summed E-state index contributed by atoms with van der Waals surface area (Å²) < 4.78 is 5.87. The summed E-state index contributed by atoms with van der Waals surface area (Å²) in [6.45, 7) is 6.69. The molecule has 2 aliphatic heterocycles. The zero-order valence-electron chi connectivity index (χ0n) is 15.4. The summed E-state index contributed by atoms with van der Waals surface area (Å²) in [5, 5.41) is 0. The molecule has 138 valence electrons. The smallest absolute Gasteiger partial charge is 0.274 e. The first-order valence-corrected chi connectivity index (χ1v) is 9.53. The summed E-state index contributed by atoms with van der Waals surface area (Å²) in [6, 6.07) is 4.16. The van der Waals surface area contributed by atoms with Crippen LogP contribution in [0.3, 0.4) is 0 Å². The largest absolute Gasteiger partial charge is 0.465 e. The minimum atomic E-state index is 0.00856. The Morgan fingerprint density at radius 2 is 2.08 bits per heavy atom. The van der Waals surface area contributed by atoms with Crippen molar-refractivity contribution >= 4 is 5.91 Å². The molecule has 6 nitrogen and oxygen atoms in total. The van der Waals surface area contributed by atoms with Gasteiger partial charge in [0.2, 0.25) is 0 Å². The molecule has 2 aromatic heterocycles. The zero-order valence-corrected chi connectivity index (χ0v) is 15.4. The molecule has 26 heavy (non-hydrogen) atoms. The van der Waals surface area contributed by atoms with Crippen molar-refractivity contribution in [2.45, 2.75) is 39.2 Å². The van der Waals surface area contributed by atoms with Crippen molar-refractivity contribution < 1.29 is 9.21 Å². The molecule has 0 saturated carbocycles. The lowest BCUT2D eigenvalue weighted by Gasteiger charge is -2.40. The Labute approximate surface area is 154 Å². The molecule has 6 heteroatoms. The van der Waals surface area contributed by atoms with E-state index in [4.69, 9.17) is 4.42 Å². The highest BCUT2D eigenvalue weighted by Crippen LogP contribution is 2.39. The maximum Gasteiger partial charge on any atom is 0.274 e. The van der Waals surface area contributed by atoms with Crippen molar-refractivity contribution in [1.29, 1.82) is 0 Å². The van der Waals surface area contributed by atoms with Gasteiger partial charge in [0.1, 0.15) is 17.2 Å². The van der Waals surface area contributed by atoms with Gasteiger partial charge in [-0.15, -0.1) is 0 Å². The second-order valence-corrected chi connectivity index (χ2v) is 7.60. The van der Waals surface area contributed by atoms with Crippen LogP contribution in [0.2, 0.25) is 0 Å². The predicted octanol–water partition coefficient (Wildman–Crippen LogP) is 2.76. The first-order valence-electron chi connectivity index (χ1n) is 9.53. The first kappa shape index (κ1) is 17.2. The molecule has 4 heterocycles. The molecule has 1 amide bonds. The molecular weight excluding hydrogens is 328 g/mol. The van der Waals surface area contributed by atoms with Crippen molar-refractivity contribution in [3.8, 4) is 0 Å². The van der Waals surface area contributed by atoms with Crippen LogP contribution in [0.4, 0.5) is 0 Å². The lowest BCUT2D eigenvalue weighted by molar-refractivity contribution is 0.0519. The molecule has 4 rings (SSSR count). The Balaban J connectivity index is 1.40. The number of aryl methyl sites for hydroxylation is 1. The van der Waals surface area contributed by atoms with Crippen LogP contribution in [-0.2, 0) is 13.0 Å². The molecule has 0 bridgehead atoms. The van der Waals surface area contributed by atoms with Crippen LogP contribution in [-0.4, -0.2) is 51.9 Å². The van der Waals surface area contributed by atoms with E-state index in [1.807, 2.05) is 4.90 Å². The molecule has 1 spiro atoms. The number of furan rings is 1. The topological polar surface area (TPSA) is 62.5 Å². The number of carbonyl (C=O) groups is 1. The minimum absolute atomic E-state index is 0.00856. The SMILES string of the molecule is CCc1ccc(CN2CCC3(CCCN(C(=O)c4cnccn4)C3)C2)o1. The van der Waals surface area contributed by atoms with Crippen molar-refractivity contribution in [3.05, 3.63) is 47.9 Å². The average Bonchev–Trinajstić information content (AvgIpc) is 3.29. The number of carbonyl (C=O) groups excluding carboxylic acids is 1. The summed E-state index contributed by atoms with van der Waals surface area (Å²) in [6.07, 6.45) is 9.06. The van der Waals surface area contributed by atoms with Crippen molar-refractivity contribution in [2.75, 3.05) is 26.2 Å². The minimum Gasteiger partial charge on any atom is -0.465 e. The van der Waals surface area contributed by atoms with Crippen LogP contribution in [0.1, 0.15) is 48.2 Å². The lowest BCUT2D eigenvalue weighted by Crippen LogP contribution is -2.47. The molecule has 1 atom stereocenters. The Morgan fingerprint density at radius 1 is 1.19 bits per heavy atom. The van der Waals surface area contributed by atoms with Crippen LogP contribution in [0.15, 0.2) is 35.1 Å². The van der Waals surface area contributed by atoms with E-state index in [0.717, 1.165) is 63.5 Å². The van der Waals surface area contributed by atoms with E-state index in [0.29, 0.717) is 5.69 Å². The summed E-state index contributed by atoms with van der Waals surface area (Å²) in [5.41, 5.74) is 0.651. The highest BCUT2D eigenvalue weighted by Gasteiger charge is 2.42. The van der Waals surface area contributed by atoms with Gasteiger partial charge in [-0.1, -0.05) is 6.92 Å². The molecule has 0 radical (unpaired) electrons. The number of rotatable bonds is 4. The van der Waals surface area contributed by atoms with Gasteiger partial charge in [0, 0.05) is 43.9 Å². The molecule has 2 aliphatic rings. The third-order valence-corrected chi connectivity index (χ3v) is 5.69. The Hall–Kier alpha value is -2.21. The molecule has 1 unspecified atom stereocenters. The fourth-order valence-electron chi connectivity index (χ4n) is 4.37. The second-order valence-electron chi connectivity index (χ2n) is 7.60. The van der Waals surface area contributed by atoms with Crippen molar-refractivity contribution in [1.82, 2.24) is 19.8 Å². The van der Waals surface area contributed by atoms with Gasteiger partial charge in [-0.25, -0.2) is 4.98 Å². The summed E-state index contributed by atoms with van der Waals surface area (Å²) in [5.74, 6) is 2.10. The summed E-state index contributed by atoms with van der Waals surface area (Å²) >= 11 is 0. The molecule has 0 aliphatic carbocycles. The quantitative estimate of drug-likeness (QED) is 0.845. The normalized spacial score (nSPS) is 23.7. The fraction of sp³-hybridized carbons (Fsp3) is 0.550. The van der Waals surface area contributed by atoms with E-state index in [9.17, 15) is 4.79 Å². The summed E-state index contributed by atoms with van der Waals surface area (Å²) in [7, 11) is 0. The molecule has 2 saturated heterocycles. The van der Waals surface area contributed by atoms with Gasteiger partial charge in [-0.3, -0.25) is 14.7 Å². The van der Waals surface area contributed by atoms with Crippen molar-refractivity contribution in [3.63, 3.8) is 0 Å². The van der Waals surface area contributed by atoms with Gasteiger partial charge in [-0.05, 0) is 37.9 Å². The highest BCUT2D eigenvalue weighted by atomic mass is 16.3. The fourth-order valence-corrected chi connectivity index (χ4v) is 4.37. The van der Waals surface area contributed by atoms with Gasteiger partial charge in [0.05, 0.1) is 12.7 Å². The molecule has 0 aromatic carbocycles. The number of amides is 1. The van der Waals surface area contributed by atoms with Crippen LogP contribution in [0, 0.1) is 5.41 Å².